The van der Waals surface area contributed by atoms with E-state index in [0.717, 1.165) is 11.1 Å². The first-order valence-electron chi connectivity index (χ1n) is 7.89. The van der Waals surface area contributed by atoms with E-state index in [-0.39, 0.29) is 11.7 Å². The van der Waals surface area contributed by atoms with Crippen molar-refractivity contribution >= 4 is 34.9 Å². The summed E-state index contributed by atoms with van der Waals surface area (Å²) in [5.74, 6) is -0.0443. The van der Waals surface area contributed by atoms with Gasteiger partial charge in [0.2, 0.25) is 0 Å². The van der Waals surface area contributed by atoms with E-state index in [9.17, 15) is 9.59 Å². The Labute approximate surface area is 151 Å². The number of aryl methyl sites for hydroxylation is 1. The number of Topliss-reactive ketones (excluding diaryl/α,β-unsaturated/α-hetero) is 1. The molecule has 1 amide bonds. The molecule has 0 spiro atoms. The summed E-state index contributed by atoms with van der Waals surface area (Å²) in [6.07, 6.45) is 0.851. The summed E-state index contributed by atoms with van der Waals surface area (Å²) >= 11 is 12.1. The molecule has 0 radical (unpaired) electrons. The average molecular weight is 362 g/mol. The van der Waals surface area contributed by atoms with Gasteiger partial charge in [-0.25, -0.2) is 0 Å². The number of carbonyl (C=O) groups is 2. The number of benzene rings is 2. The van der Waals surface area contributed by atoms with Gasteiger partial charge in [-0.15, -0.1) is 0 Å². The van der Waals surface area contributed by atoms with Crippen molar-refractivity contribution in [2.75, 3.05) is 6.54 Å². The minimum absolute atomic E-state index is 0.0289. The molecule has 2 aromatic rings. The summed E-state index contributed by atoms with van der Waals surface area (Å²) in [5, 5.41) is 1.13. The van der Waals surface area contributed by atoms with Crippen LogP contribution in [0.5, 0.6) is 0 Å². The van der Waals surface area contributed by atoms with Gasteiger partial charge < -0.3 is 4.90 Å². The van der Waals surface area contributed by atoms with Gasteiger partial charge in [-0.05, 0) is 42.7 Å². The maximum atomic E-state index is 12.8. The zero-order valence-electron chi connectivity index (χ0n) is 13.3. The minimum Gasteiger partial charge on any atom is -0.325 e. The first kappa shape index (κ1) is 17.0. The van der Waals surface area contributed by atoms with Crippen LogP contribution < -0.4 is 0 Å². The molecular formula is C19H17Cl2NO2. The predicted octanol–water partition coefficient (Wildman–Crippen LogP) is 4.71. The quantitative estimate of drug-likeness (QED) is 0.772. The molecule has 3 nitrogen and oxygen atoms in total. The number of hydrogen-bond acceptors (Lipinski definition) is 2. The number of ketones is 1. The molecule has 1 heterocycles. The Morgan fingerprint density at radius 2 is 1.92 bits per heavy atom. The highest BCUT2D eigenvalue weighted by Gasteiger charge is 2.39. The molecule has 1 aliphatic rings. The van der Waals surface area contributed by atoms with Crippen molar-refractivity contribution in [3.8, 4) is 0 Å². The van der Waals surface area contributed by atoms with Gasteiger partial charge in [0.15, 0.2) is 5.78 Å². The SMILES string of the molecule is CCN1C(=O)c2ccccc2C1C(=O)CCc1ccc(Cl)cc1Cl. The lowest BCUT2D eigenvalue weighted by atomic mass is 9.97. The Hall–Kier alpha value is -1.84. The van der Waals surface area contributed by atoms with E-state index in [4.69, 9.17) is 23.2 Å². The largest absolute Gasteiger partial charge is 0.325 e. The number of rotatable bonds is 5. The summed E-state index contributed by atoms with van der Waals surface area (Å²) in [6, 6.07) is 12.1. The number of amides is 1. The van der Waals surface area contributed by atoms with Crippen LogP contribution in [0.1, 0.15) is 40.9 Å². The Morgan fingerprint density at radius 3 is 2.62 bits per heavy atom. The first-order valence-corrected chi connectivity index (χ1v) is 8.65. The molecule has 1 unspecified atom stereocenters. The fourth-order valence-corrected chi connectivity index (χ4v) is 3.67. The molecule has 0 bridgehead atoms. The van der Waals surface area contributed by atoms with Gasteiger partial charge in [0.25, 0.3) is 5.91 Å². The molecule has 0 N–H and O–H groups in total. The van der Waals surface area contributed by atoms with Crippen LogP contribution >= 0.6 is 23.2 Å². The fraction of sp³-hybridized carbons (Fsp3) is 0.263. The predicted molar refractivity (Wildman–Crippen MR) is 95.7 cm³/mol. The topological polar surface area (TPSA) is 37.4 Å². The molecule has 0 aromatic heterocycles. The maximum Gasteiger partial charge on any atom is 0.255 e. The molecule has 3 rings (SSSR count). The van der Waals surface area contributed by atoms with Crippen molar-refractivity contribution in [3.05, 3.63) is 69.2 Å². The Morgan fingerprint density at radius 1 is 1.17 bits per heavy atom. The fourth-order valence-electron chi connectivity index (χ4n) is 3.16. The Bertz CT molecular complexity index is 804. The summed E-state index contributed by atoms with van der Waals surface area (Å²) < 4.78 is 0. The smallest absolute Gasteiger partial charge is 0.255 e. The third-order valence-corrected chi connectivity index (χ3v) is 4.95. The number of likely N-dealkylation sites (N-methyl/N-ethyl adjacent to an activating group) is 1. The van der Waals surface area contributed by atoms with Gasteiger partial charge in [-0.3, -0.25) is 9.59 Å². The number of halogens is 2. The third-order valence-electron chi connectivity index (χ3n) is 4.36. The van der Waals surface area contributed by atoms with Gasteiger partial charge in [-0.2, -0.15) is 0 Å². The monoisotopic (exact) mass is 361 g/mol. The molecule has 0 saturated carbocycles. The summed E-state index contributed by atoms with van der Waals surface area (Å²) in [7, 11) is 0. The summed E-state index contributed by atoms with van der Waals surface area (Å²) in [4.78, 5) is 26.9. The van der Waals surface area contributed by atoms with Crippen molar-refractivity contribution in [3.63, 3.8) is 0 Å². The zero-order chi connectivity index (χ0) is 17.3. The molecule has 1 aliphatic heterocycles. The normalized spacial score (nSPS) is 16.4. The van der Waals surface area contributed by atoms with E-state index in [1.807, 2.05) is 31.2 Å². The maximum absolute atomic E-state index is 12.8. The Balaban J connectivity index is 1.80. The van der Waals surface area contributed by atoms with Crippen molar-refractivity contribution in [1.82, 2.24) is 4.90 Å². The van der Waals surface area contributed by atoms with Crippen molar-refractivity contribution in [2.45, 2.75) is 25.8 Å². The van der Waals surface area contributed by atoms with E-state index in [0.29, 0.717) is 35.0 Å². The van der Waals surface area contributed by atoms with Gasteiger partial charge in [-0.1, -0.05) is 47.5 Å². The van der Waals surface area contributed by atoms with Crippen LogP contribution in [0, 0.1) is 0 Å². The van der Waals surface area contributed by atoms with Crippen LogP contribution in [0.4, 0.5) is 0 Å². The second kappa shape index (κ2) is 6.96. The standard InChI is InChI=1S/C19H17Cl2NO2/c1-2-22-18(14-5-3-4-6-15(14)19(22)24)17(23)10-8-12-7-9-13(20)11-16(12)21/h3-7,9,11,18H,2,8,10H2,1H3. The van der Waals surface area contributed by atoms with Crippen LogP contribution in [0.25, 0.3) is 0 Å². The van der Waals surface area contributed by atoms with Gasteiger partial charge >= 0.3 is 0 Å². The molecule has 5 heteroatoms. The number of fused-ring (bicyclic) bond motifs is 1. The van der Waals surface area contributed by atoms with Crippen molar-refractivity contribution in [1.29, 1.82) is 0 Å². The lowest BCUT2D eigenvalue weighted by molar-refractivity contribution is -0.123. The van der Waals surface area contributed by atoms with E-state index >= 15 is 0 Å². The molecule has 0 aliphatic carbocycles. The summed E-state index contributed by atoms with van der Waals surface area (Å²) in [5.41, 5.74) is 2.31. The van der Waals surface area contributed by atoms with Crippen LogP contribution in [0.15, 0.2) is 42.5 Å². The lowest BCUT2D eigenvalue weighted by Gasteiger charge is -2.22. The number of carbonyl (C=O) groups excluding carboxylic acids is 2. The molecule has 24 heavy (non-hydrogen) atoms. The highest BCUT2D eigenvalue weighted by atomic mass is 35.5. The molecule has 1 atom stereocenters. The highest BCUT2D eigenvalue weighted by Crippen LogP contribution is 2.35. The molecule has 0 fully saturated rings. The molecule has 124 valence electrons. The third kappa shape index (κ3) is 3.06. The van der Waals surface area contributed by atoms with Crippen molar-refractivity contribution in [2.24, 2.45) is 0 Å². The van der Waals surface area contributed by atoms with Crippen LogP contribution in [0.3, 0.4) is 0 Å². The molecular weight excluding hydrogens is 345 g/mol. The van der Waals surface area contributed by atoms with E-state index in [1.54, 1.807) is 23.1 Å². The van der Waals surface area contributed by atoms with E-state index < -0.39 is 6.04 Å². The zero-order valence-corrected chi connectivity index (χ0v) is 14.8. The second-order valence-corrected chi connectivity index (χ2v) is 6.63. The van der Waals surface area contributed by atoms with E-state index in [1.165, 1.54) is 0 Å². The number of nitrogens with zero attached hydrogens (tertiary/aromatic N) is 1. The van der Waals surface area contributed by atoms with Crippen molar-refractivity contribution < 1.29 is 9.59 Å². The highest BCUT2D eigenvalue weighted by molar-refractivity contribution is 6.35. The van der Waals surface area contributed by atoms with Gasteiger partial charge in [0.1, 0.15) is 6.04 Å². The Kier molecular flexibility index (Phi) is 4.93. The minimum atomic E-state index is -0.496. The van der Waals surface area contributed by atoms with E-state index in [2.05, 4.69) is 0 Å². The lowest BCUT2D eigenvalue weighted by Crippen LogP contribution is -2.32. The van der Waals surface area contributed by atoms with Crippen LogP contribution in [-0.2, 0) is 11.2 Å². The second-order valence-electron chi connectivity index (χ2n) is 5.78. The van der Waals surface area contributed by atoms with Crippen LogP contribution in [0.2, 0.25) is 10.0 Å². The summed E-state index contributed by atoms with van der Waals surface area (Å²) in [6.45, 7) is 2.39. The molecule has 2 aromatic carbocycles. The van der Waals surface area contributed by atoms with Gasteiger partial charge in [0, 0.05) is 28.6 Å². The van der Waals surface area contributed by atoms with Crippen LogP contribution in [-0.4, -0.2) is 23.1 Å². The molecule has 0 saturated heterocycles. The first-order chi connectivity index (χ1) is 11.5. The van der Waals surface area contributed by atoms with Gasteiger partial charge in [0.05, 0.1) is 0 Å². The number of hydrogen-bond donors (Lipinski definition) is 0. The average Bonchev–Trinajstić information content (AvgIpc) is 2.86.